The van der Waals surface area contributed by atoms with Gasteiger partial charge in [0.25, 0.3) is 0 Å². The van der Waals surface area contributed by atoms with Crippen molar-refractivity contribution in [2.45, 2.75) is 32.6 Å². The maximum Gasteiger partial charge on any atom is 0.330 e. The van der Waals surface area contributed by atoms with Gasteiger partial charge in [0.1, 0.15) is 0 Å². The van der Waals surface area contributed by atoms with Crippen molar-refractivity contribution in [1.29, 1.82) is 0 Å². The number of hydrogen-bond donors (Lipinski definition) is 0. The van der Waals surface area contributed by atoms with E-state index in [-0.39, 0.29) is 0 Å². The molecule has 0 saturated heterocycles. The Morgan fingerprint density at radius 3 is 2.00 bits per heavy atom. The molecule has 0 aliphatic heterocycles. The highest BCUT2D eigenvalue weighted by Crippen LogP contribution is 2.49. The van der Waals surface area contributed by atoms with Gasteiger partial charge in [0.2, 0.25) is 0 Å². The molecular weight excluding hydrogens is 223 g/mol. The van der Waals surface area contributed by atoms with Gasteiger partial charge in [0.15, 0.2) is 0 Å². The topological polar surface area (TPSA) is 35.5 Å². The van der Waals surface area contributed by atoms with Crippen LogP contribution in [0.2, 0.25) is 0 Å². The van der Waals surface area contributed by atoms with Gasteiger partial charge in [-0.2, -0.15) is 0 Å². The molecule has 0 aliphatic rings. The predicted octanol–water partition coefficient (Wildman–Crippen LogP) is 4.17. The molecule has 4 heteroatoms. The van der Waals surface area contributed by atoms with Crippen LogP contribution in [0.3, 0.4) is 0 Å². The summed E-state index contributed by atoms with van der Waals surface area (Å²) < 4.78 is 22.9. The van der Waals surface area contributed by atoms with E-state index in [0.29, 0.717) is 32.2 Å². The molecule has 0 spiro atoms. The van der Waals surface area contributed by atoms with Crippen LogP contribution >= 0.6 is 7.60 Å². The third kappa shape index (κ3) is 7.86. The summed E-state index contributed by atoms with van der Waals surface area (Å²) in [6, 6.07) is 0. The summed E-state index contributed by atoms with van der Waals surface area (Å²) in [7, 11) is -2.89. The largest absolute Gasteiger partial charge is 0.330 e. The summed E-state index contributed by atoms with van der Waals surface area (Å²) in [6.45, 7) is 10.1. The first-order valence-corrected chi connectivity index (χ1v) is 7.51. The standard InChI is InChI=1S/C12H23O3P/c1-4-7-10-14-16(13,12-9-6-3)15-11-8-5-2/h4-5H,1-2,6-12H2,3H3. The van der Waals surface area contributed by atoms with Crippen LogP contribution in [0.1, 0.15) is 32.6 Å². The molecule has 0 rings (SSSR count). The van der Waals surface area contributed by atoms with Crippen LogP contribution in [0.4, 0.5) is 0 Å². The van der Waals surface area contributed by atoms with Crippen LogP contribution in [0.5, 0.6) is 0 Å². The van der Waals surface area contributed by atoms with Crippen molar-refractivity contribution in [3.63, 3.8) is 0 Å². The van der Waals surface area contributed by atoms with Gasteiger partial charge in [0, 0.05) is 0 Å². The second-order valence-electron chi connectivity index (χ2n) is 3.51. The molecule has 0 aromatic heterocycles. The van der Waals surface area contributed by atoms with Crippen LogP contribution in [0.25, 0.3) is 0 Å². The zero-order valence-corrected chi connectivity index (χ0v) is 11.1. The van der Waals surface area contributed by atoms with Crippen LogP contribution in [-0.2, 0) is 13.6 Å². The Morgan fingerprint density at radius 2 is 1.62 bits per heavy atom. The zero-order valence-electron chi connectivity index (χ0n) is 10.2. The first-order valence-electron chi connectivity index (χ1n) is 5.78. The molecule has 0 aromatic rings. The van der Waals surface area contributed by atoms with Gasteiger partial charge < -0.3 is 9.05 Å². The normalized spacial score (nSPS) is 11.3. The Labute approximate surface area is 99.1 Å². The highest BCUT2D eigenvalue weighted by atomic mass is 31.2. The lowest BCUT2D eigenvalue weighted by Crippen LogP contribution is -2.02. The summed E-state index contributed by atoms with van der Waals surface area (Å²) >= 11 is 0. The Bertz CT molecular complexity index is 220. The molecule has 0 fully saturated rings. The maximum atomic E-state index is 12.2. The molecule has 0 heterocycles. The minimum atomic E-state index is -2.89. The van der Waals surface area contributed by atoms with Crippen molar-refractivity contribution in [3.05, 3.63) is 25.3 Å². The van der Waals surface area contributed by atoms with E-state index in [1.807, 2.05) is 0 Å². The monoisotopic (exact) mass is 246 g/mol. The average Bonchev–Trinajstić information content (AvgIpc) is 2.27. The van der Waals surface area contributed by atoms with Crippen molar-refractivity contribution in [3.8, 4) is 0 Å². The van der Waals surface area contributed by atoms with E-state index in [9.17, 15) is 4.57 Å². The molecule has 0 bridgehead atoms. The lowest BCUT2D eigenvalue weighted by atomic mass is 10.4. The van der Waals surface area contributed by atoms with Crippen molar-refractivity contribution in [1.82, 2.24) is 0 Å². The average molecular weight is 246 g/mol. The molecule has 0 aliphatic carbocycles. The molecule has 3 nitrogen and oxygen atoms in total. The van der Waals surface area contributed by atoms with Gasteiger partial charge in [-0.15, -0.1) is 13.2 Å². The highest BCUT2D eigenvalue weighted by Gasteiger charge is 2.22. The van der Waals surface area contributed by atoms with Gasteiger partial charge in [-0.1, -0.05) is 25.5 Å². The van der Waals surface area contributed by atoms with E-state index in [1.54, 1.807) is 12.2 Å². The number of hydrogen-bond acceptors (Lipinski definition) is 3. The van der Waals surface area contributed by atoms with E-state index in [0.717, 1.165) is 12.8 Å². The summed E-state index contributed by atoms with van der Waals surface area (Å²) in [5.74, 6) is 0. The first-order chi connectivity index (χ1) is 7.68. The van der Waals surface area contributed by atoms with E-state index >= 15 is 0 Å². The summed E-state index contributed by atoms with van der Waals surface area (Å²) in [5, 5.41) is 0. The van der Waals surface area contributed by atoms with E-state index in [2.05, 4.69) is 20.1 Å². The van der Waals surface area contributed by atoms with E-state index in [4.69, 9.17) is 9.05 Å². The lowest BCUT2D eigenvalue weighted by molar-refractivity contribution is 0.209. The smallest absolute Gasteiger partial charge is 0.308 e. The van der Waals surface area contributed by atoms with Crippen LogP contribution in [0.15, 0.2) is 25.3 Å². The predicted molar refractivity (Wildman–Crippen MR) is 68.9 cm³/mol. The van der Waals surface area contributed by atoms with Crippen molar-refractivity contribution >= 4 is 7.60 Å². The Morgan fingerprint density at radius 1 is 1.12 bits per heavy atom. The summed E-state index contributed by atoms with van der Waals surface area (Å²) in [5.41, 5.74) is 0. The third-order valence-electron chi connectivity index (χ3n) is 2.01. The van der Waals surface area contributed by atoms with Crippen LogP contribution in [0, 0.1) is 0 Å². The fourth-order valence-corrected chi connectivity index (χ4v) is 2.87. The van der Waals surface area contributed by atoms with Crippen LogP contribution in [-0.4, -0.2) is 19.4 Å². The quantitative estimate of drug-likeness (QED) is 0.312. The molecule has 0 N–H and O–H groups in total. The first kappa shape index (κ1) is 15.6. The van der Waals surface area contributed by atoms with Gasteiger partial charge in [0.05, 0.1) is 19.4 Å². The third-order valence-corrected chi connectivity index (χ3v) is 4.02. The van der Waals surface area contributed by atoms with Crippen LogP contribution < -0.4 is 0 Å². The van der Waals surface area contributed by atoms with E-state index < -0.39 is 7.60 Å². The molecule has 94 valence electrons. The second-order valence-corrected chi connectivity index (χ2v) is 5.69. The van der Waals surface area contributed by atoms with E-state index in [1.165, 1.54) is 0 Å². The minimum absolute atomic E-state index is 0.415. The molecule has 0 radical (unpaired) electrons. The fraction of sp³-hybridized carbons (Fsp3) is 0.667. The molecule has 0 unspecified atom stereocenters. The van der Waals surface area contributed by atoms with Gasteiger partial charge in [-0.25, -0.2) is 0 Å². The molecule has 0 amide bonds. The van der Waals surface area contributed by atoms with Gasteiger partial charge in [-0.3, -0.25) is 4.57 Å². The molecule has 16 heavy (non-hydrogen) atoms. The molecular formula is C12H23O3P. The van der Waals surface area contributed by atoms with Gasteiger partial charge in [-0.05, 0) is 19.3 Å². The number of rotatable bonds is 11. The van der Waals surface area contributed by atoms with Crippen molar-refractivity contribution < 1.29 is 13.6 Å². The second kappa shape index (κ2) is 9.83. The highest BCUT2D eigenvalue weighted by molar-refractivity contribution is 7.53. The Hall–Kier alpha value is -0.370. The lowest BCUT2D eigenvalue weighted by Gasteiger charge is -2.17. The zero-order chi connectivity index (χ0) is 12.3. The summed E-state index contributed by atoms with van der Waals surface area (Å²) in [6.07, 6.45) is 7.22. The SMILES string of the molecule is C=CCCOP(=O)(CCCC)OCCC=C. The van der Waals surface area contributed by atoms with Gasteiger partial charge >= 0.3 is 7.60 Å². The maximum absolute atomic E-state index is 12.2. The molecule has 0 aromatic carbocycles. The fourth-order valence-electron chi connectivity index (χ4n) is 1.07. The Balaban J connectivity index is 4.06. The minimum Gasteiger partial charge on any atom is -0.308 e. The number of unbranched alkanes of at least 4 members (excludes halogenated alkanes) is 1. The van der Waals surface area contributed by atoms with Crippen molar-refractivity contribution in [2.24, 2.45) is 0 Å². The molecule has 0 saturated carbocycles. The molecule has 0 atom stereocenters. The summed E-state index contributed by atoms with van der Waals surface area (Å²) in [4.78, 5) is 0. The van der Waals surface area contributed by atoms with Crippen molar-refractivity contribution in [2.75, 3.05) is 19.4 Å². The Kier molecular flexibility index (Phi) is 9.60.